The second-order valence-electron chi connectivity index (χ2n) is 3.83. The van der Waals surface area contributed by atoms with E-state index >= 15 is 0 Å². The maximum atomic E-state index is 5.71. The van der Waals surface area contributed by atoms with E-state index in [0.29, 0.717) is 6.61 Å². The average Bonchev–Trinajstić information content (AvgIpc) is 2.64. The molecule has 0 unspecified atom stereocenters. The van der Waals surface area contributed by atoms with Crippen molar-refractivity contribution in [3.63, 3.8) is 0 Å². The van der Waals surface area contributed by atoms with Gasteiger partial charge < -0.3 is 5.73 Å². The molecule has 2 N–H and O–H groups in total. The summed E-state index contributed by atoms with van der Waals surface area (Å²) in [5.41, 5.74) is 9.63. The van der Waals surface area contributed by atoms with Crippen molar-refractivity contribution in [3.05, 3.63) is 54.1 Å². The largest absolute Gasteiger partial charge is 0.399 e. The maximum absolute atomic E-state index is 5.71. The van der Waals surface area contributed by atoms with Gasteiger partial charge in [0.25, 0.3) is 0 Å². The van der Waals surface area contributed by atoms with Gasteiger partial charge in [0, 0.05) is 5.69 Å². The molecule has 0 aromatic heterocycles. The van der Waals surface area contributed by atoms with E-state index < -0.39 is 0 Å². The molecule has 0 saturated heterocycles. The van der Waals surface area contributed by atoms with Crippen LogP contribution >= 0.6 is 0 Å². The second-order valence-corrected chi connectivity index (χ2v) is 3.83. The van der Waals surface area contributed by atoms with Crippen LogP contribution in [0.3, 0.4) is 0 Å². The molecule has 2 aromatic carbocycles. The summed E-state index contributed by atoms with van der Waals surface area (Å²) < 4.78 is 0. The number of nitrogens with zero attached hydrogens (tertiary/aromatic N) is 1. The molecule has 3 heteroatoms. The van der Waals surface area contributed by atoms with Gasteiger partial charge in [-0.15, -0.1) is 0 Å². The van der Waals surface area contributed by atoms with Crippen LogP contribution in [0.2, 0.25) is 0 Å². The number of benzene rings is 2. The SMILES string of the molecule is Nc1ccc(N2OCc3ccc2cc3)cc1. The lowest BCUT2D eigenvalue weighted by Crippen LogP contribution is -2.14. The highest BCUT2D eigenvalue weighted by Crippen LogP contribution is 2.30. The Kier molecular flexibility index (Phi) is 2.04. The Balaban J connectivity index is 2.00. The minimum absolute atomic E-state index is 0.598. The number of hydrogen-bond acceptors (Lipinski definition) is 3. The first kappa shape index (κ1) is 9.24. The van der Waals surface area contributed by atoms with Crippen LogP contribution in [0.4, 0.5) is 17.1 Å². The van der Waals surface area contributed by atoms with E-state index in [0.717, 1.165) is 17.1 Å². The Morgan fingerprint density at radius 3 is 2.06 bits per heavy atom. The van der Waals surface area contributed by atoms with Gasteiger partial charge in [0.05, 0.1) is 11.4 Å². The molecule has 0 fully saturated rings. The number of anilines is 3. The van der Waals surface area contributed by atoms with Gasteiger partial charge in [-0.3, -0.25) is 4.84 Å². The molecule has 0 aliphatic carbocycles. The molecule has 4 rings (SSSR count). The first-order valence-electron chi connectivity index (χ1n) is 5.20. The van der Waals surface area contributed by atoms with Gasteiger partial charge in [-0.1, -0.05) is 12.1 Å². The summed E-state index contributed by atoms with van der Waals surface area (Å²) in [5.74, 6) is 0. The number of rotatable bonds is 1. The fourth-order valence-corrected chi connectivity index (χ4v) is 1.77. The predicted octanol–water partition coefficient (Wildman–Crippen LogP) is 2.85. The molecule has 2 aromatic rings. The van der Waals surface area contributed by atoms with Crippen molar-refractivity contribution >= 4 is 17.1 Å². The van der Waals surface area contributed by atoms with E-state index in [4.69, 9.17) is 10.6 Å². The Morgan fingerprint density at radius 2 is 1.44 bits per heavy atom. The van der Waals surface area contributed by atoms with Crippen molar-refractivity contribution in [1.29, 1.82) is 0 Å². The lowest BCUT2D eigenvalue weighted by Gasteiger charge is -2.21. The van der Waals surface area contributed by atoms with Crippen molar-refractivity contribution in [2.75, 3.05) is 10.8 Å². The lowest BCUT2D eigenvalue weighted by atomic mass is 10.2. The van der Waals surface area contributed by atoms with Gasteiger partial charge in [-0.25, -0.2) is 5.06 Å². The van der Waals surface area contributed by atoms with E-state index in [-0.39, 0.29) is 0 Å². The highest BCUT2D eigenvalue weighted by Gasteiger charge is 2.14. The number of nitrogens with two attached hydrogens (primary N) is 1. The molecular weight excluding hydrogens is 200 g/mol. The number of hydrogen-bond donors (Lipinski definition) is 1. The Hall–Kier alpha value is -2.00. The Bertz CT molecular complexity index is 490. The standard InChI is InChI=1S/C13H12N2O/c14-11-3-7-13(8-4-11)15-12-5-1-10(2-6-12)9-16-15/h1-8H,9,14H2. The van der Waals surface area contributed by atoms with Crippen molar-refractivity contribution in [1.82, 2.24) is 0 Å². The van der Waals surface area contributed by atoms with E-state index in [2.05, 4.69) is 24.3 Å². The molecule has 0 radical (unpaired) electrons. The summed E-state index contributed by atoms with van der Waals surface area (Å²) in [4.78, 5) is 5.71. The van der Waals surface area contributed by atoms with Gasteiger partial charge in [0.15, 0.2) is 0 Å². The second kappa shape index (κ2) is 3.54. The first-order valence-corrected chi connectivity index (χ1v) is 5.20. The molecule has 2 aliphatic heterocycles. The maximum Gasteiger partial charge on any atom is 0.100 e. The van der Waals surface area contributed by atoms with Crippen molar-refractivity contribution in [3.8, 4) is 0 Å². The molecule has 2 aliphatic rings. The summed E-state index contributed by atoms with van der Waals surface area (Å²) in [6.07, 6.45) is 0. The Labute approximate surface area is 94.0 Å². The van der Waals surface area contributed by atoms with Gasteiger partial charge in [-0.05, 0) is 42.0 Å². The number of nitrogen functional groups attached to an aromatic ring is 1. The molecule has 80 valence electrons. The van der Waals surface area contributed by atoms with Crippen LogP contribution in [0, 0.1) is 0 Å². The fraction of sp³-hybridized carbons (Fsp3) is 0.0769. The van der Waals surface area contributed by atoms with Crippen LogP contribution in [0.5, 0.6) is 0 Å². The monoisotopic (exact) mass is 212 g/mol. The third-order valence-electron chi connectivity index (χ3n) is 2.66. The molecule has 0 spiro atoms. The molecule has 0 amide bonds. The third kappa shape index (κ3) is 1.51. The molecular formula is C13H12N2O. The lowest BCUT2D eigenvalue weighted by molar-refractivity contribution is 0.125. The summed E-state index contributed by atoms with van der Waals surface area (Å²) in [7, 11) is 0. The van der Waals surface area contributed by atoms with E-state index in [1.807, 2.05) is 29.3 Å². The van der Waals surface area contributed by atoms with E-state index in [9.17, 15) is 0 Å². The summed E-state index contributed by atoms with van der Waals surface area (Å²) in [5, 5.41) is 1.83. The van der Waals surface area contributed by atoms with Gasteiger partial charge >= 0.3 is 0 Å². The zero-order valence-electron chi connectivity index (χ0n) is 8.76. The van der Waals surface area contributed by atoms with Crippen LogP contribution in [-0.4, -0.2) is 0 Å². The zero-order valence-corrected chi connectivity index (χ0v) is 8.76. The molecule has 16 heavy (non-hydrogen) atoms. The normalized spacial score (nSPS) is 13.9. The topological polar surface area (TPSA) is 38.5 Å². The Morgan fingerprint density at radius 1 is 0.875 bits per heavy atom. The van der Waals surface area contributed by atoms with Crippen molar-refractivity contribution in [2.45, 2.75) is 6.61 Å². The summed E-state index contributed by atoms with van der Waals surface area (Å²) >= 11 is 0. The first-order chi connectivity index (χ1) is 7.83. The van der Waals surface area contributed by atoms with Crippen LogP contribution in [-0.2, 0) is 11.4 Å². The van der Waals surface area contributed by atoms with Crippen LogP contribution in [0.1, 0.15) is 5.56 Å². The predicted molar refractivity (Wildman–Crippen MR) is 64.2 cm³/mol. The fourth-order valence-electron chi connectivity index (χ4n) is 1.77. The smallest absolute Gasteiger partial charge is 0.100 e. The minimum Gasteiger partial charge on any atom is -0.399 e. The quantitative estimate of drug-likeness (QED) is 0.739. The van der Waals surface area contributed by atoms with Crippen molar-refractivity contribution < 1.29 is 4.84 Å². The minimum atomic E-state index is 0.598. The van der Waals surface area contributed by atoms with Crippen LogP contribution in [0.25, 0.3) is 0 Å². The van der Waals surface area contributed by atoms with Crippen molar-refractivity contribution in [2.24, 2.45) is 0 Å². The molecule has 2 bridgehead atoms. The summed E-state index contributed by atoms with van der Waals surface area (Å²) in [6, 6.07) is 15.9. The van der Waals surface area contributed by atoms with Crippen LogP contribution in [0.15, 0.2) is 48.5 Å². The highest BCUT2D eigenvalue weighted by atomic mass is 16.7. The van der Waals surface area contributed by atoms with Crippen LogP contribution < -0.4 is 10.8 Å². The van der Waals surface area contributed by atoms with Gasteiger partial charge in [-0.2, -0.15) is 0 Å². The molecule has 0 saturated carbocycles. The summed E-state index contributed by atoms with van der Waals surface area (Å²) in [6.45, 7) is 0.598. The molecule has 2 heterocycles. The molecule has 3 nitrogen and oxygen atoms in total. The van der Waals surface area contributed by atoms with E-state index in [1.54, 1.807) is 0 Å². The number of fused-ring (bicyclic) bond motifs is 4. The highest BCUT2D eigenvalue weighted by molar-refractivity contribution is 5.63. The van der Waals surface area contributed by atoms with Gasteiger partial charge in [0.2, 0.25) is 0 Å². The third-order valence-corrected chi connectivity index (χ3v) is 2.66. The zero-order chi connectivity index (χ0) is 11.0. The molecule has 0 atom stereocenters. The van der Waals surface area contributed by atoms with E-state index in [1.165, 1.54) is 5.56 Å². The average molecular weight is 212 g/mol. The van der Waals surface area contributed by atoms with Gasteiger partial charge in [0.1, 0.15) is 6.61 Å².